The second kappa shape index (κ2) is 5.80. The smallest absolute Gasteiger partial charge is 0.0623 e. The summed E-state index contributed by atoms with van der Waals surface area (Å²) in [5.41, 5.74) is -0.177. The van der Waals surface area contributed by atoms with Crippen LogP contribution in [0.4, 0.5) is 0 Å². The minimum atomic E-state index is -0.177. The number of nitrogens with one attached hydrogen (secondary N) is 1. The van der Waals surface area contributed by atoms with Crippen molar-refractivity contribution in [1.82, 2.24) is 10.2 Å². The molecule has 1 unspecified atom stereocenters. The van der Waals surface area contributed by atoms with Gasteiger partial charge < -0.3 is 20.1 Å². The highest BCUT2D eigenvalue weighted by Gasteiger charge is 2.32. The average Bonchev–Trinajstić information content (AvgIpc) is 2.98. The van der Waals surface area contributed by atoms with Crippen molar-refractivity contribution in [1.29, 1.82) is 0 Å². The molecule has 0 aliphatic heterocycles. The van der Waals surface area contributed by atoms with E-state index in [9.17, 15) is 5.11 Å². The zero-order valence-corrected chi connectivity index (χ0v) is 10.1. The first-order valence-electron chi connectivity index (χ1n) is 5.66. The van der Waals surface area contributed by atoms with Gasteiger partial charge in [0.25, 0.3) is 0 Å². The van der Waals surface area contributed by atoms with Gasteiger partial charge in [0.15, 0.2) is 0 Å². The number of likely N-dealkylation sites (N-methyl/N-ethyl adjacent to an activating group) is 1. The molecule has 15 heavy (non-hydrogen) atoms. The predicted molar refractivity (Wildman–Crippen MR) is 61.0 cm³/mol. The fraction of sp³-hybridized carbons (Fsp3) is 1.00. The summed E-state index contributed by atoms with van der Waals surface area (Å²) in [6.45, 7) is 4.75. The number of hydrogen-bond acceptors (Lipinski definition) is 4. The Balaban J connectivity index is 2.29. The van der Waals surface area contributed by atoms with Crippen LogP contribution in [0, 0.1) is 0 Å². The van der Waals surface area contributed by atoms with Gasteiger partial charge in [-0.1, -0.05) is 0 Å². The van der Waals surface area contributed by atoms with Gasteiger partial charge in [-0.15, -0.1) is 0 Å². The Hall–Kier alpha value is -0.160. The summed E-state index contributed by atoms with van der Waals surface area (Å²) < 4.78 is 5.03. The van der Waals surface area contributed by atoms with Crippen LogP contribution < -0.4 is 5.32 Å². The van der Waals surface area contributed by atoms with Crippen LogP contribution >= 0.6 is 0 Å². The van der Waals surface area contributed by atoms with Crippen LogP contribution in [0.1, 0.15) is 19.8 Å². The second-order valence-corrected chi connectivity index (χ2v) is 4.87. The fourth-order valence-electron chi connectivity index (χ4n) is 1.78. The lowest BCUT2D eigenvalue weighted by Crippen LogP contribution is -2.54. The van der Waals surface area contributed by atoms with E-state index in [0.717, 1.165) is 19.7 Å². The number of hydrogen-bond donors (Lipinski definition) is 2. The number of methoxy groups -OCH3 is 1. The summed E-state index contributed by atoms with van der Waals surface area (Å²) in [5, 5.41) is 12.9. The Morgan fingerprint density at radius 3 is 2.67 bits per heavy atom. The monoisotopic (exact) mass is 216 g/mol. The molecule has 0 aromatic carbocycles. The van der Waals surface area contributed by atoms with E-state index in [4.69, 9.17) is 4.74 Å². The Morgan fingerprint density at radius 1 is 1.53 bits per heavy atom. The van der Waals surface area contributed by atoms with E-state index < -0.39 is 0 Å². The van der Waals surface area contributed by atoms with Gasteiger partial charge in [0.2, 0.25) is 0 Å². The molecule has 0 radical (unpaired) electrons. The lowest BCUT2D eigenvalue weighted by molar-refractivity contribution is 0.108. The highest BCUT2D eigenvalue weighted by Crippen LogP contribution is 2.22. The normalized spacial score (nSPS) is 20.6. The van der Waals surface area contributed by atoms with Crippen LogP contribution in [0.2, 0.25) is 0 Å². The molecule has 0 aromatic rings. The largest absolute Gasteiger partial charge is 0.394 e. The van der Waals surface area contributed by atoms with Gasteiger partial charge in [-0.05, 0) is 26.8 Å². The molecular formula is C11H24N2O2. The van der Waals surface area contributed by atoms with Crippen molar-refractivity contribution in [3.05, 3.63) is 0 Å². The Labute approximate surface area is 92.6 Å². The van der Waals surface area contributed by atoms with Crippen LogP contribution in [-0.2, 0) is 4.74 Å². The average molecular weight is 216 g/mol. The third-order valence-corrected chi connectivity index (χ3v) is 2.77. The van der Waals surface area contributed by atoms with E-state index in [-0.39, 0.29) is 12.1 Å². The van der Waals surface area contributed by atoms with Crippen molar-refractivity contribution in [3.8, 4) is 0 Å². The molecule has 1 aliphatic rings. The Bertz CT molecular complexity index is 185. The van der Waals surface area contributed by atoms with Gasteiger partial charge in [-0.2, -0.15) is 0 Å². The molecule has 1 fully saturated rings. The molecule has 4 heteroatoms. The second-order valence-electron chi connectivity index (χ2n) is 4.87. The van der Waals surface area contributed by atoms with Gasteiger partial charge in [0, 0.05) is 26.2 Å². The van der Waals surface area contributed by atoms with Crippen molar-refractivity contribution >= 4 is 0 Å². The first-order valence-corrected chi connectivity index (χ1v) is 5.66. The van der Waals surface area contributed by atoms with Crippen molar-refractivity contribution in [2.45, 2.75) is 31.3 Å². The van der Waals surface area contributed by atoms with E-state index in [1.807, 2.05) is 0 Å². The van der Waals surface area contributed by atoms with Gasteiger partial charge in [0.1, 0.15) is 0 Å². The molecule has 1 saturated carbocycles. The van der Waals surface area contributed by atoms with Gasteiger partial charge in [0.05, 0.1) is 18.8 Å². The summed E-state index contributed by atoms with van der Waals surface area (Å²) in [5.74, 6) is 0. The molecule has 0 saturated heterocycles. The lowest BCUT2D eigenvalue weighted by atomic mass is 10.0. The number of rotatable bonds is 8. The maximum atomic E-state index is 9.42. The number of aliphatic hydroxyl groups excluding tert-OH is 1. The number of aliphatic hydroxyl groups is 1. The van der Waals surface area contributed by atoms with Gasteiger partial charge >= 0.3 is 0 Å². The third kappa shape index (κ3) is 4.93. The molecule has 1 atom stereocenters. The van der Waals surface area contributed by atoms with E-state index in [0.29, 0.717) is 6.04 Å². The SMILES string of the molecule is COCCN(C)CC(C)(CO)NC1CC1. The predicted octanol–water partition coefficient (Wildman–Crippen LogP) is 0.0676. The van der Waals surface area contributed by atoms with E-state index in [2.05, 4.69) is 24.2 Å². The Morgan fingerprint density at radius 2 is 2.20 bits per heavy atom. The van der Waals surface area contributed by atoms with Crippen LogP contribution in [0.3, 0.4) is 0 Å². The van der Waals surface area contributed by atoms with Gasteiger partial charge in [-0.25, -0.2) is 0 Å². The molecule has 2 N–H and O–H groups in total. The standard InChI is InChI=1S/C11H24N2O2/c1-11(9-14,12-10-4-5-10)8-13(2)6-7-15-3/h10,12,14H,4-9H2,1-3H3. The molecule has 1 rings (SSSR count). The van der Waals surface area contributed by atoms with Crippen LogP contribution in [0.25, 0.3) is 0 Å². The minimum Gasteiger partial charge on any atom is -0.394 e. The molecule has 1 aliphatic carbocycles. The number of nitrogens with zero attached hydrogens (tertiary/aromatic N) is 1. The van der Waals surface area contributed by atoms with Crippen molar-refractivity contribution < 1.29 is 9.84 Å². The van der Waals surface area contributed by atoms with E-state index in [1.165, 1.54) is 12.8 Å². The first-order chi connectivity index (χ1) is 7.09. The topological polar surface area (TPSA) is 44.7 Å². The molecular weight excluding hydrogens is 192 g/mol. The quantitative estimate of drug-likeness (QED) is 0.602. The molecule has 0 heterocycles. The summed E-state index contributed by atoms with van der Waals surface area (Å²) >= 11 is 0. The maximum Gasteiger partial charge on any atom is 0.0623 e. The molecule has 90 valence electrons. The van der Waals surface area contributed by atoms with Crippen molar-refractivity contribution in [2.75, 3.05) is 40.5 Å². The van der Waals surface area contributed by atoms with Gasteiger partial charge in [-0.3, -0.25) is 0 Å². The van der Waals surface area contributed by atoms with Crippen LogP contribution in [-0.4, -0.2) is 62.0 Å². The van der Waals surface area contributed by atoms with E-state index in [1.54, 1.807) is 7.11 Å². The summed E-state index contributed by atoms with van der Waals surface area (Å²) in [6, 6.07) is 0.623. The zero-order chi connectivity index (χ0) is 11.3. The molecule has 0 aromatic heterocycles. The molecule has 0 amide bonds. The summed E-state index contributed by atoms with van der Waals surface area (Å²) in [7, 11) is 3.77. The lowest BCUT2D eigenvalue weighted by Gasteiger charge is -2.33. The molecule has 0 spiro atoms. The first kappa shape index (κ1) is 12.9. The van der Waals surface area contributed by atoms with E-state index >= 15 is 0 Å². The maximum absolute atomic E-state index is 9.42. The number of ether oxygens (including phenoxy) is 1. The summed E-state index contributed by atoms with van der Waals surface area (Å²) in [6.07, 6.45) is 2.49. The third-order valence-electron chi connectivity index (χ3n) is 2.77. The highest BCUT2D eigenvalue weighted by molar-refractivity contribution is 4.93. The summed E-state index contributed by atoms with van der Waals surface area (Å²) in [4.78, 5) is 2.19. The molecule has 0 bridgehead atoms. The van der Waals surface area contributed by atoms with Crippen molar-refractivity contribution in [3.63, 3.8) is 0 Å². The van der Waals surface area contributed by atoms with Crippen LogP contribution in [0.5, 0.6) is 0 Å². The fourth-order valence-corrected chi connectivity index (χ4v) is 1.78. The minimum absolute atomic E-state index is 0.177. The Kier molecular flexibility index (Phi) is 4.99. The molecule has 4 nitrogen and oxygen atoms in total. The zero-order valence-electron chi connectivity index (χ0n) is 10.1. The highest BCUT2D eigenvalue weighted by atomic mass is 16.5. The van der Waals surface area contributed by atoms with Crippen LogP contribution in [0.15, 0.2) is 0 Å². The van der Waals surface area contributed by atoms with Crippen molar-refractivity contribution in [2.24, 2.45) is 0 Å².